The van der Waals surface area contributed by atoms with E-state index in [9.17, 15) is 0 Å². The Labute approximate surface area is 114 Å². The van der Waals surface area contributed by atoms with Crippen molar-refractivity contribution in [2.24, 2.45) is 5.92 Å². The van der Waals surface area contributed by atoms with E-state index in [4.69, 9.17) is 9.26 Å². The number of nitrogens with zero attached hydrogens (tertiary/aromatic N) is 3. The van der Waals surface area contributed by atoms with Gasteiger partial charge in [-0.1, -0.05) is 20.8 Å². The van der Waals surface area contributed by atoms with Crippen molar-refractivity contribution in [1.82, 2.24) is 15.5 Å². The quantitative estimate of drug-likeness (QED) is 0.833. The molecule has 0 spiro atoms. The summed E-state index contributed by atoms with van der Waals surface area (Å²) in [6.07, 6.45) is 0.781. The van der Waals surface area contributed by atoms with Gasteiger partial charge < -0.3 is 19.5 Å². The van der Waals surface area contributed by atoms with E-state index in [0.29, 0.717) is 23.8 Å². The molecule has 1 aromatic rings. The Morgan fingerprint density at radius 2 is 2.05 bits per heavy atom. The Balaban J connectivity index is 1.95. The van der Waals surface area contributed by atoms with Crippen LogP contribution in [0.1, 0.15) is 26.7 Å². The summed E-state index contributed by atoms with van der Waals surface area (Å²) in [5.41, 5.74) is 0. The smallest absolute Gasteiger partial charge is 0.266 e. The molecule has 0 aromatic carbocycles. The van der Waals surface area contributed by atoms with Crippen molar-refractivity contribution in [1.29, 1.82) is 0 Å². The van der Waals surface area contributed by atoms with E-state index >= 15 is 0 Å². The normalized spacial score (nSPS) is 18.0. The zero-order valence-electron chi connectivity index (χ0n) is 12.1. The van der Waals surface area contributed by atoms with Crippen LogP contribution in [0.4, 0.5) is 5.95 Å². The average Bonchev–Trinajstić information content (AvgIpc) is 2.88. The van der Waals surface area contributed by atoms with Gasteiger partial charge in [-0.25, -0.2) is 0 Å². The molecule has 1 fully saturated rings. The summed E-state index contributed by atoms with van der Waals surface area (Å²) in [6, 6.07) is 0.378. The van der Waals surface area contributed by atoms with Gasteiger partial charge in [0, 0.05) is 25.6 Å². The molecule has 2 rings (SSSR count). The van der Waals surface area contributed by atoms with Crippen molar-refractivity contribution < 1.29 is 9.26 Å². The lowest BCUT2D eigenvalue weighted by Crippen LogP contribution is -2.37. The van der Waals surface area contributed by atoms with Gasteiger partial charge in [0.2, 0.25) is 5.89 Å². The van der Waals surface area contributed by atoms with Crippen LogP contribution in [-0.2, 0) is 11.2 Å². The van der Waals surface area contributed by atoms with Gasteiger partial charge in [0.25, 0.3) is 5.95 Å². The molecule has 108 valence electrons. The molecule has 1 aliphatic heterocycles. The van der Waals surface area contributed by atoms with E-state index in [0.717, 1.165) is 39.3 Å². The van der Waals surface area contributed by atoms with Crippen LogP contribution in [0.5, 0.6) is 0 Å². The second kappa shape index (κ2) is 6.86. The molecule has 1 saturated heterocycles. The molecule has 0 bridgehead atoms. The van der Waals surface area contributed by atoms with Crippen LogP contribution in [-0.4, -0.2) is 49.0 Å². The largest absolute Gasteiger partial charge is 0.378 e. The molecule has 0 saturated carbocycles. The van der Waals surface area contributed by atoms with E-state index in [1.165, 1.54) is 0 Å². The van der Waals surface area contributed by atoms with Crippen molar-refractivity contribution in [2.75, 3.05) is 37.7 Å². The fourth-order valence-corrected chi connectivity index (χ4v) is 2.21. The Hall–Kier alpha value is -1.14. The first-order valence-electron chi connectivity index (χ1n) is 7.09. The minimum Gasteiger partial charge on any atom is -0.378 e. The lowest BCUT2D eigenvalue weighted by Gasteiger charge is -2.24. The van der Waals surface area contributed by atoms with Crippen molar-refractivity contribution in [2.45, 2.75) is 33.2 Å². The van der Waals surface area contributed by atoms with Crippen LogP contribution in [0.25, 0.3) is 0 Å². The Morgan fingerprint density at radius 1 is 1.32 bits per heavy atom. The third kappa shape index (κ3) is 3.91. The number of morpholine rings is 1. The van der Waals surface area contributed by atoms with E-state index in [1.807, 2.05) is 0 Å². The summed E-state index contributed by atoms with van der Waals surface area (Å²) in [5, 5.41) is 7.53. The summed E-state index contributed by atoms with van der Waals surface area (Å²) >= 11 is 0. The van der Waals surface area contributed by atoms with Crippen molar-refractivity contribution in [3.05, 3.63) is 5.89 Å². The van der Waals surface area contributed by atoms with Crippen molar-refractivity contribution in [3.8, 4) is 0 Å². The monoisotopic (exact) mass is 268 g/mol. The highest BCUT2D eigenvalue weighted by Crippen LogP contribution is 2.14. The zero-order chi connectivity index (χ0) is 13.7. The van der Waals surface area contributed by atoms with Crippen LogP contribution in [0.3, 0.4) is 0 Å². The van der Waals surface area contributed by atoms with Gasteiger partial charge in [0.15, 0.2) is 0 Å². The fourth-order valence-electron chi connectivity index (χ4n) is 2.21. The minimum atomic E-state index is 0.378. The lowest BCUT2D eigenvalue weighted by atomic mass is 10.0. The number of hydrogen-bond acceptors (Lipinski definition) is 6. The molecular weight excluding hydrogens is 244 g/mol. The lowest BCUT2D eigenvalue weighted by molar-refractivity contribution is 0.121. The van der Waals surface area contributed by atoms with Crippen LogP contribution in [0.2, 0.25) is 0 Å². The van der Waals surface area contributed by atoms with Gasteiger partial charge in [0.1, 0.15) is 0 Å². The SMILES string of the molecule is CCNC(Cc1nc(N2CCOCC2)no1)C(C)C. The van der Waals surface area contributed by atoms with Crippen molar-refractivity contribution in [3.63, 3.8) is 0 Å². The predicted octanol–water partition coefficient (Wildman–Crippen LogP) is 1.08. The van der Waals surface area contributed by atoms with Gasteiger partial charge in [0.05, 0.1) is 13.2 Å². The number of hydrogen-bond donors (Lipinski definition) is 1. The summed E-state index contributed by atoms with van der Waals surface area (Å²) in [5.74, 6) is 1.94. The second-order valence-electron chi connectivity index (χ2n) is 5.20. The second-order valence-corrected chi connectivity index (χ2v) is 5.20. The highest BCUT2D eigenvalue weighted by Gasteiger charge is 2.20. The number of aromatic nitrogens is 2. The maximum atomic E-state index is 5.36. The van der Waals surface area contributed by atoms with E-state index in [1.54, 1.807) is 0 Å². The van der Waals surface area contributed by atoms with Gasteiger partial charge in [-0.15, -0.1) is 0 Å². The van der Waals surface area contributed by atoms with Gasteiger partial charge in [-0.3, -0.25) is 0 Å². The summed E-state index contributed by atoms with van der Waals surface area (Å²) in [4.78, 5) is 6.60. The Bertz CT molecular complexity index is 374. The molecule has 0 aliphatic carbocycles. The van der Waals surface area contributed by atoms with Gasteiger partial charge in [-0.05, 0) is 17.6 Å². The Morgan fingerprint density at radius 3 is 2.68 bits per heavy atom. The highest BCUT2D eigenvalue weighted by atomic mass is 16.5. The van der Waals surface area contributed by atoms with Gasteiger partial charge >= 0.3 is 0 Å². The molecule has 6 nitrogen and oxygen atoms in total. The first kappa shape index (κ1) is 14.3. The van der Waals surface area contributed by atoms with E-state index < -0.39 is 0 Å². The molecule has 1 atom stereocenters. The molecule has 19 heavy (non-hydrogen) atoms. The first-order valence-corrected chi connectivity index (χ1v) is 7.09. The number of anilines is 1. The van der Waals surface area contributed by atoms with Crippen LogP contribution >= 0.6 is 0 Å². The summed E-state index contributed by atoms with van der Waals surface area (Å²) in [7, 11) is 0. The molecule has 0 radical (unpaired) electrons. The molecule has 6 heteroatoms. The third-order valence-electron chi connectivity index (χ3n) is 3.42. The highest BCUT2D eigenvalue weighted by molar-refractivity contribution is 5.28. The first-order chi connectivity index (χ1) is 9.20. The minimum absolute atomic E-state index is 0.378. The topological polar surface area (TPSA) is 63.4 Å². The van der Waals surface area contributed by atoms with E-state index in [-0.39, 0.29) is 0 Å². The maximum Gasteiger partial charge on any atom is 0.266 e. The molecule has 0 amide bonds. The third-order valence-corrected chi connectivity index (χ3v) is 3.42. The number of likely N-dealkylation sites (N-methyl/N-ethyl adjacent to an activating group) is 1. The molecule has 1 N–H and O–H groups in total. The maximum absolute atomic E-state index is 5.36. The molecule has 2 heterocycles. The Kier molecular flexibility index (Phi) is 5.15. The summed E-state index contributed by atoms with van der Waals surface area (Å²) < 4.78 is 10.7. The average molecular weight is 268 g/mol. The standard InChI is InChI=1S/C13H24N4O2/c1-4-14-11(10(2)3)9-12-15-13(16-19-12)17-5-7-18-8-6-17/h10-11,14H,4-9H2,1-3H3. The van der Waals surface area contributed by atoms with Crippen LogP contribution in [0.15, 0.2) is 4.52 Å². The van der Waals surface area contributed by atoms with Crippen molar-refractivity contribution >= 4 is 5.95 Å². The predicted molar refractivity (Wildman–Crippen MR) is 73.3 cm³/mol. The number of ether oxygens (including phenoxy) is 1. The molecule has 1 aliphatic rings. The van der Waals surface area contributed by atoms with Crippen LogP contribution in [0, 0.1) is 5.92 Å². The van der Waals surface area contributed by atoms with E-state index in [2.05, 4.69) is 41.1 Å². The molecule has 1 aromatic heterocycles. The zero-order valence-corrected chi connectivity index (χ0v) is 12.1. The molecule has 1 unspecified atom stereocenters. The summed E-state index contributed by atoms with van der Waals surface area (Å²) in [6.45, 7) is 10.6. The number of nitrogens with one attached hydrogen (secondary N) is 1. The van der Waals surface area contributed by atoms with Gasteiger partial charge in [-0.2, -0.15) is 4.98 Å². The molecular formula is C13H24N4O2. The number of rotatable bonds is 6. The van der Waals surface area contributed by atoms with Crippen LogP contribution < -0.4 is 10.2 Å². The fraction of sp³-hybridized carbons (Fsp3) is 0.846.